The van der Waals surface area contributed by atoms with Gasteiger partial charge in [-0.1, -0.05) is 74.5 Å². The van der Waals surface area contributed by atoms with E-state index in [9.17, 15) is 14.9 Å². The summed E-state index contributed by atoms with van der Waals surface area (Å²) in [6, 6.07) is 19.6. The first-order valence-corrected chi connectivity index (χ1v) is 9.40. The highest BCUT2D eigenvalue weighted by molar-refractivity contribution is 5.94. The summed E-state index contributed by atoms with van der Waals surface area (Å²) in [6.45, 7) is 8.60. The van der Waals surface area contributed by atoms with E-state index < -0.39 is 10.5 Å². The molecule has 0 aliphatic carbocycles. The molecule has 2 rings (SSSR count). The molecule has 0 unspecified atom stereocenters. The molecule has 0 bridgehead atoms. The molecule has 2 aromatic rings. The highest BCUT2D eigenvalue weighted by Crippen LogP contribution is 2.41. The number of carbonyl (C=O) groups excluding carboxylic acids is 1. The molecule has 0 amide bonds. The smallest absolute Gasteiger partial charge is 0.294 e. The summed E-state index contributed by atoms with van der Waals surface area (Å²) in [4.78, 5) is 28.2. The van der Waals surface area contributed by atoms with Crippen molar-refractivity contribution in [2.24, 2.45) is 5.92 Å². The van der Waals surface area contributed by atoms with Crippen molar-refractivity contribution in [3.8, 4) is 0 Å². The number of hydrogen-bond acceptors (Lipinski definition) is 4. The van der Waals surface area contributed by atoms with Gasteiger partial charge in [0.1, 0.15) is 19.0 Å². The molecule has 6 heteroatoms. The van der Waals surface area contributed by atoms with Crippen LogP contribution in [0.4, 0.5) is 0 Å². The largest absolute Gasteiger partial charge is 0.307 e. The fourth-order valence-corrected chi connectivity index (χ4v) is 3.87. The van der Waals surface area contributed by atoms with E-state index in [0.717, 1.165) is 11.1 Å². The molecule has 0 N–H and O–H groups in total. The summed E-state index contributed by atoms with van der Waals surface area (Å²) < 4.78 is 1.72. The van der Waals surface area contributed by atoms with Crippen molar-refractivity contribution < 1.29 is 19.3 Å². The summed E-state index contributed by atoms with van der Waals surface area (Å²) in [5.74, 6) is 0.0187. The van der Waals surface area contributed by atoms with Crippen LogP contribution in [0.25, 0.3) is 0 Å². The maximum absolute atomic E-state index is 13.4. The van der Waals surface area contributed by atoms with Gasteiger partial charge < -0.3 is 4.84 Å². The molecule has 6 nitrogen and oxygen atoms in total. The Hall–Kier alpha value is -3.02. The molecule has 0 saturated carbocycles. The number of carbonyl (C=O) groups is 1. The molecule has 1 atom stereocenters. The van der Waals surface area contributed by atoms with Crippen molar-refractivity contribution in [2.45, 2.75) is 25.7 Å². The lowest BCUT2D eigenvalue weighted by molar-refractivity contribution is -0.763. The first kappa shape index (κ1) is 21.3. The van der Waals surface area contributed by atoms with Gasteiger partial charge in [0, 0.05) is 12.3 Å². The Labute approximate surface area is 165 Å². The average molecular weight is 383 g/mol. The molecule has 0 radical (unpaired) electrons. The third-order valence-corrected chi connectivity index (χ3v) is 5.09. The van der Waals surface area contributed by atoms with Gasteiger partial charge in [0.2, 0.25) is 0 Å². The van der Waals surface area contributed by atoms with Crippen LogP contribution in [0.5, 0.6) is 0 Å². The average Bonchev–Trinajstić information content (AvgIpc) is 2.69. The Bertz CT molecular complexity index is 766. The summed E-state index contributed by atoms with van der Waals surface area (Å²) >= 11 is 0. The number of benzene rings is 2. The Morgan fingerprint density at radius 2 is 1.61 bits per heavy atom. The third kappa shape index (κ3) is 4.63. The Kier molecular flexibility index (Phi) is 7.44. The molecule has 0 aliphatic rings. The molecule has 2 aromatic carbocycles. The fraction of sp³-hybridized carbons (Fsp3) is 0.364. The van der Waals surface area contributed by atoms with E-state index in [0.29, 0.717) is 19.5 Å². The van der Waals surface area contributed by atoms with Gasteiger partial charge in [-0.3, -0.25) is 4.79 Å². The van der Waals surface area contributed by atoms with Gasteiger partial charge in [-0.2, -0.15) is 0 Å². The highest BCUT2D eigenvalue weighted by Gasteiger charge is 2.46. The molecular weight excluding hydrogens is 356 g/mol. The first-order chi connectivity index (χ1) is 13.4. The van der Waals surface area contributed by atoms with Crippen LogP contribution in [-0.4, -0.2) is 41.9 Å². The number of Topliss-reactive ketones (excluding diaryl/α,β-unsaturated/α-hetero) is 1. The normalized spacial score (nSPS) is 12.2. The molecule has 0 saturated heterocycles. The predicted molar refractivity (Wildman–Crippen MR) is 108 cm³/mol. The van der Waals surface area contributed by atoms with Gasteiger partial charge in [-0.15, -0.1) is 10.1 Å². The van der Waals surface area contributed by atoms with Crippen molar-refractivity contribution in [3.63, 3.8) is 0 Å². The van der Waals surface area contributed by atoms with Crippen LogP contribution in [0.1, 0.15) is 31.4 Å². The van der Waals surface area contributed by atoms with Crippen molar-refractivity contribution in [3.05, 3.63) is 81.9 Å². The molecule has 0 aromatic heterocycles. The third-order valence-electron chi connectivity index (χ3n) is 5.09. The lowest BCUT2D eigenvalue weighted by atomic mass is 9.63. The summed E-state index contributed by atoms with van der Waals surface area (Å²) in [5, 5.41) is 9.55. The molecule has 148 valence electrons. The van der Waals surface area contributed by atoms with E-state index in [-0.39, 0.29) is 18.3 Å². The SMILES string of the molecule is C=[N+](CCO[N+](=O)[O-])C[C@H](C)C(C(=O)CC)(c1ccccc1)c1ccccc1. The van der Waals surface area contributed by atoms with Crippen LogP contribution >= 0.6 is 0 Å². The minimum atomic E-state index is -0.822. The first-order valence-electron chi connectivity index (χ1n) is 9.40. The van der Waals surface area contributed by atoms with Crippen LogP contribution in [-0.2, 0) is 15.0 Å². The predicted octanol–water partition coefficient (Wildman–Crippen LogP) is 3.51. The van der Waals surface area contributed by atoms with E-state index >= 15 is 0 Å². The second-order valence-corrected chi connectivity index (χ2v) is 6.85. The van der Waals surface area contributed by atoms with Crippen LogP contribution in [0.15, 0.2) is 60.7 Å². The standard InChI is InChI=1S/C22H27N2O4/c1-4-21(25)22(19-11-7-5-8-12-19,20-13-9-6-10-14-20)18(2)17-23(3)15-16-28-24(26)27/h5-14,18H,3-4,15-17H2,1-2H3/q+1/t18-/m0/s1. The van der Waals surface area contributed by atoms with Crippen LogP contribution in [0, 0.1) is 16.0 Å². The van der Waals surface area contributed by atoms with E-state index in [2.05, 4.69) is 11.6 Å². The maximum atomic E-state index is 13.4. The zero-order valence-electron chi connectivity index (χ0n) is 16.4. The Morgan fingerprint density at radius 3 is 2.04 bits per heavy atom. The maximum Gasteiger partial charge on any atom is 0.294 e. The van der Waals surface area contributed by atoms with Crippen LogP contribution in [0.3, 0.4) is 0 Å². The van der Waals surface area contributed by atoms with E-state index in [1.807, 2.05) is 74.5 Å². The summed E-state index contributed by atoms with van der Waals surface area (Å²) in [5.41, 5.74) is 1.06. The summed E-state index contributed by atoms with van der Waals surface area (Å²) in [7, 11) is 0. The van der Waals surface area contributed by atoms with E-state index in [1.54, 1.807) is 4.58 Å². The number of ketones is 1. The van der Waals surface area contributed by atoms with Gasteiger partial charge in [0.15, 0.2) is 13.2 Å². The molecule has 0 aliphatic heterocycles. The summed E-state index contributed by atoms with van der Waals surface area (Å²) in [6.07, 6.45) is 0.399. The minimum Gasteiger partial charge on any atom is -0.307 e. The van der Waals surface area contributed by atoms with E-state index in [1.165, 1.54) is 0 Å². The van der Waals surface area contributed by atoms with Crippen molar-refractivity contribution in [1.82, 2.24) is 0 Å². The van der Waals surface area contributed by atoms with E-state index in [4.69, 9.17) is 0 Å². The van der Waals surface area contributed by atoms with Crippen LogP contribution in [0.2, 0.25) is 0 Å². The van der Waals surface area contributed by atoms with Gasteiger partial charge >= 0.3 is 0 Å². The van der Waals surface area contributed by atoms with Gasteiger partial charge in [-0.25, -0.2) is 4.58 Å². The number of hydrogen-bond donors (Lipinski definition) is 0. The number of nitrogens with zero attached hydrogens (tertiary/aromatic N) is 2. The quantitative estimate of drug-likeness (QED) is 0.258. The highest BCUT2D eigenvalue weighted by atomic mass is 16.9. The van der Waals surface area contributed by atoms with Crippen molar-refractivity contribution in [2.75, 3.05) is 19.7 Å². The zero-order chi connectivity index (χ0) is 20.6. The second-order valence-electron chi connectivity index (χ2n) is 6.85. The topological polar surface area (TPSA) is 72.4 Å². The second kappa shape index (κ2) is 9.78. The molecule has 28 heavy (non-hydrogen) atoms. The Balaban J connectivity index is 2.44. The fourth-order valence-electron chi connectivity index (χ4n) is 3.87. The van der Waals surface area contributed by atoms with Crippen LogP contribution < -0.4 is 0 Å². The zero-order valence-corrected chi connectivity index (χ0v) is 16.4. The van der Waals surface area contributed by atoms with Gasteiger partial charge in [0.25, 0.3) is 5.09 Å². The van der Waals surface area contributed by atoms with Gasteiger partial charge in [-0.05, 0) is 11.1 Å². The van der Waals surface area contributed by atoms with Gasteiger partial charge in [0.05, 0.1) is 5.41 Å². The van der Waals surface area contributed by atoms with Crippen molar-refractivity contribution >= 4 is 12.5 Å². The molecule has 0 fully saturated rings. The monoisotopic (exact) mass is 383 g/mol. The molecule has 0 spiro atoms. The molecular formula is C22H27N2O4+. The minimum absolute atomic E-state index is 0.0609. The lowest BCUT2D eigenvalue weighted by Gasteiger charge is -2.38. The van der Waals surface area contributed by atoms with Crippen molar-refractivity contribution in [1.29, 1.82) is 0 Å². The molecule has 0 heterocycles. The lowest BCUT2D eigenvalue weighted by Crippen LogP contribution is -2.46. The Morgan fingerprint density at radius 1 is 1.11 bits per heavy atom. The number of rotatable bonds is 11.